The maximum absolute atomic E-state index is 12.5. The van der Waals surface area contributed by atoms with Crippen molar-refractivity contribution in [1.82, 2.24) is 10.2 Å². The van der Waals surface area contributed by atoms with Crippen LogP contribution in [-0.4, -0.2) is 36.3 Å². The lowest BCUT2D eigenvalue weighted by Crippen LogP contribution is -2.41. The summed E-state index contributed by atoms with van der Waals surface area (Å²) in [7, 11) is 0. The number of halogens is 1. The van der Waals surface area contributed by atoms with Gasteiger partial charge in [0.05, 0.1) is 5.56 Å². The van der Waals surface area contributed by atoms with Crippen molar-refractivity contribution in [3.63, 3.8) is 0 Å². The predicted octanol–water partition coefficient (Wildman–Crippen LogP) is 2.75. The molecule has 1 aromatic rings. The zero-order chi connectivity index (χ0) is 15.4. The molecule has 114 valence electrons. The average molecular weight is 353 g/mol. The van der Waals surface area contributed by atoms with E-state index in [1.807, 2.05) is 30.0 Å². The van der Waals surface area contributed by atoms with E-state index in [9.17, 15) is 9.59 Å². The molecule has 21 heavy (non-hydrogen) atoms. The number of amides is 2. The Kier molecular flexibility index (Phi) is 5.39. The molecule has 5 heteroatoms. The number of hydrogen-bond donors (Lipinski definition) is 1. The number of carbonyl (C=O) groups excluding carboxylic acids is 2. The minimum Gasteiger partial charge on any atom is -0.356 e. The zero-order valence-corrected chi connectivity index (χ0v) is 14.1. The minimum absolute atomic E-state index is 0.0112. The van der Waals surface area contributed by atoms with Crippen molar-refractivity contribution in [1.29, 1.82) is 0 Å². The Balaban J connectivity index is 1.92. The summed E-state index contributed by atoms with van der Waals surface area (Å²) in [5, 5.41) is 2.86. The van der Waals surface area contributed by atoms with E-state index in [1.54, 1.807) is 0 Å². The zero-order valence-electron chi connectivity index (χ0n) is 12.5. The van der Waals surface area contributed by atoms with E-state index >= 15 is 0 Å². The van der Waals surface area contributed by atoms with Gasteiger partial charge in [0.25, 0.3) is 5.91 Å². The van der Waals surface area contributed by atoms with Crippen LogP contribution in [0.1, 0.15) is 35.7 Å². The number of carbonyl (C=O) groups is 2. The van der Waals surface area contributed by atoms with Gasteiger partial charge in [-0.1, -0.05) is 6.07 Å². The first-order valence-electron chi connectivity index (χ1n) is 7.27. The van der Waals surface area contributed by atoms with Crippen LogP contribution in [-0.2, 0) is 4.79 Å². The van der Waals surface area contributed by atoms with E-state index in [4.69, 9.17) is 0 Å². The molecule has 1 saturated heterocycles. The van der Waals surface area contributed by atoms with E-state index in [0.29, 0.717) is 12.5 Å². The predicted molar refractivity (Wildman–Crippen MR) is 86.2 cm³/mol. The maximum atomic E-state index is 12.5. The Bertz CT molecular complexity index is 537. The topological polar surface area (TPSA) is 49.4 Å². The second-order valence-electron chi connectivity index (χ2n) is 5.66. The SMILES string of the molecule is CC(=O)NCC1CCN(C(=O)c2ccc(C)cc2Br)CC1. The number of aryl methyl sites for hydroxylation is 1. The number of likely N-dealkylation sites (tertiary alicyclic amines) is 1. The van der Waals surface area contributed by atoms with Gasteiger partial charge < -0.3 is 10.2 Å². The van der Waals surface area contributed by atoms with Gasteiger partial charge >= 0.3 is 0 Å². The fourth-order valence-electron chi connectivity index (χ4n) is 2.59. The molecule has 0 aliphatic carbocycles. The quantitative estimate of drug-likeness (QED) is 0.909. The van der Waals surface area contributed by atoms with E-state index in [0.717, 1.165) is 41.5 Å². The molecular weight excluding hydrogens is 332 g/mol. The van der Waals surface area contributed by atoms with E-state index in [1.165, 1.54) is 6.92 Å². The Morgan fingerprint density at radius 3 is 2.57 bits per heavy atom. The summed E-state index contributed by atoms with van der Waals surface area (Å²) in [6.45, 7) is 5.76. The monoisotopic (exact) mass is 352 g/mol. The summed E-state index contributed by atoms with van der Waals surface area (Å²) in [6, 6.07) is 5.81. The Hall–Kier alpha value is -1.36. The summed E-state index contributed by atoms with van der Waals surface area (Å²) >= 11 is 3.47. The minimum atomic E-state index is 0.0112. The van der Waals surface area contributed by atoms with Crippen LogP contribution in [0.4, 0.5) is 0 Å². The van der Waals surface area contributed by atoms with Crippen LogP contribution in [0, 0.1) is 12.8 Å². The van der Waals surface area contributed by atoms with Gasteiger partial charge in [-0.05, 0) is 59.3 Å². The van der Waals surface area contributed by atoms with Crippen LogP contribution in [0.2, 0.25) is 0 Å². The second-order valence-corrected chi connectivity index (χ2v) is 6.51. The number of benzene rings is 1. The molecule has 1 aliphatic rings. The molecule has 4 nitrogen and oxygen atoms in total. The van der Waals surface area contributed by atoms with E-state index in [-0.39, 0.29) is 11.8 Å². The maximum Gasteiger partial charge on any atom is 0.254 e. The van der Waals surface area contributed by atoms with Crippen molar-refractivity contribution in [3.05, 3.63) is 33.8 Å². The smallest absolute Gasteiger partial charge is 0.254 e. The third-order valence-corrected chi connectivity index (χ3v) is 4.55. The third-order valence-electron chi connectivity index (χ3n) is 3.90. The molecule has 2 amide bonds. The van der Waals surface area contributed by atoms with Gasteiger partial charge in [-0.2, -0.15) is 0 Å². The molecule has 2 rings (SSSR count). The highest BCUT2D eigenvalue weighted by molar-refractivity contribution is 9.10. The Labute approximate surface area is 134 Å². The van der Waals surface area contributed by atoms with Crippen LogP contribution in [0.15, 0.2) is 22.7 Å². The first-order chi connectivity index (χ1) is 9.97. The molecule has 0 bridgehead atoms. The van der Waals surface area contributed by atoms with Crippen LogP contribution in [0.5, 0.6) is 0 Å². The lowest BCUT2D eigenvalue weighted by atomic mass is 9.96. The summed E-state index contributed by atoms with van der Waals surface area (Å²) in [5.41, 5.74) is 1.85. The number of nitrogens with zero attached hydrogens (tertiary/aromatic N) is 1. The second kappa shape index (κ2) is 7.07. The van der Waals surface area contributed by atoms with Gasteiger partial charge in [0.2, 0.25) is 5.91 Å². The largest absolute Gasteiger partial charge is 0.356 e. The van der Waals surface area contributed by atoms with Gasteiger partial charge in [0, 0.05) is 31.0 Å². The average Bonchev–Trinajstić information content (AvgIpc) is 2.45. The normalized spacial score (nSPS) is 15.9. The van der Waals surface area contributed by atoms with Gasteiger partial charge in [-0.25, -0.2) is 0 Å². The van der Waals surface area contributed by atoms with E-state index in [2.05, 4.69) is 21.2 Å². The van der Waals surface area contributed by atoms with Crippen LogP contribution in [0.3, 0.4) is 0 Å². The van der Waals surface area contributed by atoms with Crippen molar-refractivity contribution in [2.75, 3.05) is 19.6 Å². The van der Waals surface area contributed by atoms with Crippen molar-refractivity contribution in [2.45, 2.75) is 26.7 Å². The molecule has 0 spiro atoms. The number of hydrogen-bond acceptors (Lipinski definition) is 2. The molecule has 0 atom stereocenters. The molecule has 0 aromatic heterocycles. The van der Waals surface area contributed by atoms with Crippen molar-refractivity contribution in [2.24, 2.45) is 5.92 Å². The first-order valence-corrected chi connectivity index (χ1v) is 8.06. The highest BCUT2D eigenvalue weighted by atomic mass is 79.9. The molecule has 1 fully saturated rings. The van der Waals surface area contributed by atoms with Crippen molar-refractivity contribution < 1.29 is 9.59 Å². The summed E-state index contributed by atoms with van der Waals surface area (Å²) in [4.78, 5) is 25.4. The summed E-state index contributed by atoms with van der Waals surface area (Å²) in [5.74, 6) is 0.566. The van der Waals surface area contributed by atoms with Crippen molar-refractivity contribution in [3.8, 4) is 0 Å². The van der Waals surface area contributed by atoms with Crippen LogP contribution < -0.4 is 5.32 Å². The van der Waals surface area contributed by atoms with Crippen LogP contribution >= 0.6 is 15.9 Å². The third kappa shape index (κ3) is 4.30. The highest BCUT2D eigenvalue weighted by Gasteiger charge is 2.24. The Morgan fingerprint density at radius 2 is 2.00 bits per heavy atom. The van der Waals surface area contributed by atoms with Gasteiger partial charge in [0.1, 0.15) is 0 Å². The molecule has 0 radical (unpaired) electrons. The number of rotatable bonds is 3. The molecule has 1 aromatic carbocycles. The lowest BCUT2D eigenvalue weighted by molar-refractivity contribution is -0.119. The van der Waals surface area contributed by atoms with E-state index < -0.39 is 0 Å². The molecule has 1 N–H and O–H groups in total. The van der Waals surface area contributed by atoms with Gasteiger partial charge in [-0.15, -0.1) is 0 Å². The lowest BCUT2D eigenvalue weighted by Gasteiger charge is -2.32. The fourth-order valence-corrected chi connectivity index (χ4v) is 3.26. The van der Waals surface area contributed by atoms with Gasteiger partial charge in [-0.3, -0.25) is 9.59 Å². The van der Waals surface area contributed by atoms with Gasteiger partial charge in [0.15, 0.2) is 0 Å². The molecule has 1 heterocycles. The molecule has 0 saturated carbocycles. The fraction of sp³-hybridized carbons (Fsp3) is 0.500. The van der Waals surface area contributed by atoms with Crippen LogP contribution in [0.25, 0.3) is 0 Å². The molecular formula is C16H21BrN2O2. The first kappa shape index (κ1) is 16.0. The number of piperidine rings is 1. The summed E-state index contributed by atoms with van der Waals surface area (Å²) in [6.07, 6.45) is 1.88. The number of nitrogens with one attached hydrogen (secondary N) is 1. The van der Waals surface area contributed by atoms with Crippen molar-refractivity contribution >= 4 is 27.7 Å². The highest BCUT2D eigenvalue weighted by Crippen LogP contribution is 2.23. The standard InChI is InChI=1S/C16H21BrN2O2/c1-11-3-4-14(15(17)9-11)16(21)19-7-5-13(6-8-19)10-18-12(2)20/h3-4,9,13H,5-8,10H2,1-2H3,(H,18,20). The Morgan fingerprint density at radius 1 is 1.33 bits per heavy atom. The molecule has 1 aliphatic heterocycles. The molecule has 0 unspecified atom stereocenters. The summed E-state index contributed by atoms with van der Waals surface area (Å²) < 4.78 is 0.855.